The predicted molar refractivity (Wildman–Crippen MR) is 132 cm³/mol. The number of hydrogen-bond acceptors (Lipinski definition) is 5. The van der Waals surface area contributed by atoms with Crippen molar-refractivity contribution < 1.29 is 17.9 Å². The molecule has 9 heteroatoms. The Morgan fingerprint density at radius 1 is 1.17 bits per heavy atom. The lowest BCUT2D eigenvalue weighted by Gasteiger charge is -2.34. The first-order valence-corrected chi connectivity index (χ1v) is 12.2. The first-order chi connectivity index (χ1) is 14.0. The molecule has 1 saturated heterocycles. The molecule has 1 aromatic carbocycles. The molecule has 0 bridgehead atoms. The largest absolute Gasteiger partial charge is 0.385 e. The number of guanidine groups is 1. The van der Waals surface area contributed by atoms with Gasteiger partial charge in [-0.15, -0.1) is 24.0 Å². The van der Waals surface area contributed by atoms with Crippen molar-refractivity contribution >= 4 is 39.8 Å². The van der Waals surface area contributed by atoms with Gasteiger partial charge in [0.1, 0.15) is 0 Å². The van der Waals surface area contributed by atoms with Gasteiger partial charge in [0.15, 0.2) is 15.8 Å². The number of rotatable bonds is 11. The number of nitrogens with zero attached hydrogens (tertiary/aromatic N) is 2. The fourth-order valence-corrected chi connectivity index (χ4v) is 4.84. The van der Waals surface area contributed by atoms with Crippen LogP contribution < -0.4 is 5.32 Å². The maximum Gasteiger partial charge on any atom is 0.193 e. The highest BCUT2D eigenvalue weighted by atomic mass is 127. The maximum atomic E-state index is 12.3. The standard InChI is InChI=1S/C21H35N3O4S.HI/c1-22-21(24-13-10-20(11-14-24)28-16-7-15-27-2)23-12-6-17-29(25,26)18-19-8-4-3-5-9-19;/h3-5,8-9,20H,6-7,10-18H2,1-2H3,(H,22,23);1H. The Morgan fingerprint density at radius 2 is 1.87 bits per heavy atom. The summed E-state index contributed by atoms with van der Waals surface area (Å²) in [5.74, 6) is 1.10. The maximum absolute atomic E-state index is 12.3. The van der Waals surface area contributed by atoms with E-state index in [2.05, 4.69) is 15.2 Å². The van der Waals surface area contributed by atoms with Crippen molar-refractivity contribution in [1.82, 2.24) is 10.2 Å². The second-order valence-electron chi connectivity index (χ2n) is 7.31. The zero-order valence-corrected chi connectivity index (χ0v) is 21.2. The third-order valence-electron chi connectivity index (χ3n) is 4.94. The van der Waals surface area contributed by atoms with E-state index in [0.29, 0.717) is 19.1 Å². The average Bonchev–Trinajstić information content (AvgIpc) is 2.72. The molecule has 1 aliphatic heterocycles. The first-order valence-electron chi connectivity index (χ1n) is 10.3. The van der Waals surface area contributed by atoms with Gasteiger partial charge < -0.3 is 19.7 Å². The molecule has 1 aliphatic rings. The lowest BCUT2D eigenvalue weighted by atomic mass is 10.1. The van der Waals surface area contributed by atoms with Gasteiger partial charge in [0.05, 0.1) is 17.6 Å². The molecule has 1 aromatic rings. The number of piperidine rings is 1. The van der Waals surface area contributed by atoms with Crippen LogP contribution >= 0.6 is 24.0 Å². The third-order valence-corrected chi connectivity index (χ3v) is 6.63. The molecule has 0 atom stereocenters. The van der Waals surface area contributed by atoms with Gasteiger partial charge in [-0.05, 0) is 31.2 Å². The lowest BCUT2D eigenvalue weighted by molar-refractivity contribution is 0.00991. The average molecular weight is 554 g/mol. The number of likely N-dealkylation sites (tertiary alicyclic amines) is 1. The number of methoxy groups -OCH3 is 1. The molecule has 1 fully saturated rings. The van der Waals surface area contributed by atoms with Crippen LogP contribution in [0, 0.1) is 0 Å². The third kappa shape index (κ3) is 10.4. The van der Waals surface area contributed by atoms with Crippen LogP contribution in [0.1, 0.15) is 31.2 Å². The molecule has 0 unspecified atom stereocenters. The van der Waals surface area contributed by atoms with Gasteiger partial charge in [-0.2, -0.15) is 0 Å². The monoisotopic (exact) mass is 553 g/mol. The van der Waals surface area contributed by atoms with Gasteiger partial charge in [0, 0.05) is 47.0 Å². The highest BCUT2D eigenvalue weighted by Gasteiger charge is 2.21. The van der Waals surface area contributed by atoms with Gasteiger partial charge in [0.2, 0.25) is 0 Å². The van der Waals surface area contributed by atoms with Gasteiger partial charge >= 0.3 is 0 Å². The quantitative estimate of drug-likeness (QED) is 0.197. The van der Waals surface area contributed by atoms with Crippen molar-refractivity contribution in [3.05, 3.63) is 35.9 Å². The van der Waals surface area contributed by atoms with Crippen LogP contribution in [0.3, 0.4) is 0 Å². The molecule has 2 rings (SSSR count). The molecule has 0 amide bonds. The SMILES string of the molecule is CN=C(NCCCS(=O)(=O)Cc1ccccc1)N1CCC(OCCCOC)CC1.I. The van der Waals surface area contributed by atoms with Gasteiger partial charge in [0.25, 0.3) is 0 Å². The molecule has 0 aromatic heterocycles. The second kappa shape index (κ2) is 15.0. The summed E-state index contributed by atoms with van der Waals surface area (Å²) in [5, 5.41) is 3.30. The zero-order chi connectivity index (χ0) is 21.0. The van der Waals surface area contributed by atoms with E-state index in [0.717, 1.165) is 57.1 Å². The lowest BCUT2D eigenvalue weighted by Crippen LogP contribution is -2.47. The summed E-state index contributed by atoms with van der Waals surface area (Å²) >= 11 is 0. The summed E-state index contributed by atoms with van der Waals surface area (Å²) in [6.07, 6.45) is 3.72. The van der Waals surface area contributed by atoms with E-state index in [4.69, 9.17) is 9.47 Å². The van der Waals surface area contributed by atoms with Crippen LogP contribution in [0.25, 0.3) is 0 Å². The predicted octanol–water partition coefficient (Wildman–Crippen LogP) is 2.70. The summed E-state index contributed by atoms with van der Waals surface area (Å²) in [4.78, 5) is 6.57. The van der Waals surface area contributed by atoms with E-state index in [1.807, 2.05) is 30.3 Å². The minimum absolute atomic E-state index is 0. The van der Waals surface area contributed by atoms with Gasteiger partial charge in [-0.1, -0.05) is 30.3 Å². The van der Waals surface area contributed by atoms with Crippen LogP contribution in [0.2, 0.25) is 0 Å². The van der Waals surface area contributed by atoms with Crippen LogP contribution in [0.4, 0.5) is 0 Å². The number of nitrogens with one attached hydrogen (secondary N) is 1. The molecule has 1 heterocycles. The summed E-state index contributed by atoms with van der Waals surface area (Å²) in [5.41, 5.74) is 0.837. The Bertz CT molecular complexity index is 708. The Labute approximate surface area is 198 Å². The Morgan fingerprint density at radius 3 is 2.50 bits per heavy atom. The first kappa shape index (κ1) is 27.1. The van der Waals surface area contributed by atoms with E-state index in [9.17, 15) is 8.42 Å². The molecule has 0 radical (unpaired) electrons. The summed E-state index contributed by atoms with van der Waals surface area (Å²) < 4.78 is 35.5. The van der Waals surface area contributed by atoms with Crippen molar-refractivity contribution in [3.8, 4) is 0 Å². The van der Waals surface area contributed by atoms with E-state index < -0.39 is 9.84 Å². The summed E-state index contributed by atoms with van der Waals surface area (Å²) in [6, 6.07) is 9.32. The van der Waals surface area contributed by atoms with Crippen molar-refractivity contribution in [2.75, 3.05) is 52.8 Å². The van der Waals surface area contributed by atoms with Crippen molar-refractivity contribution in [2.24, 2.45) is 4.99 Å². The van der Waals surface area contributed by atoms with E-state index in [1.165, 1.54) is 0 Å². The fourth-order valence-electron chi connectivity index (χ4n) is 3.41. The van der Waals surface area contributed by atoms with Crippen LogP contribution in [0.15, 0.2) is 35.3 Å². The van der Waals surface area contributed by atoms with E-state index >= 15 is 0 Å². The highest BCUT2D eigenvalue weighted by Crippen LogP contribution is 2.14. The smallest absolute Gasteiger partial charge is 0.193 e. The molecule has 0 aliphatic carbocycles. The number of halogens is 1. The van der Waals surface area contributed by atoms with Crippen LogP contribution in [-0.2, 0) is 25.1 Å². The summed E-state index contributed by atoms with van der Waals surface area (Å²) in [6.45, 7) is 3.84. The van der Waals surface area contributed by atoms with Crippen LogP contribution in [0.5, 0.6) is 0 Å². The highest BCUT2D eigenvalue weighted by molar-refractivity contribution is 14.0. The minimum atomic E-state index is -3.10. The number of aliphatic imine (C=N–C) groups is 1. The Hall–Kier alpha value is -0.910. The number of ether oxygens (including phenoxy) is 2. The molecule has 0 spiro atoms. The molecule has 1 N–H and O–H groups in total. The molecule has 172 valence electrons. The van der Waals surface area contributed by atoms with E-state index in [-0.39, 0.29) is 35.5 Å². The Kier molecular flexibility index (Phi) is 13.5. The second-order valence-corrected chi connectivity index (χ2v) is 9.49. The van der Waals surface area contributed by atoms with Crippen molar-refractivity contribution in [3.63, 3.8) is 0 Å². The topological polar surface area (TPSA) is 80.2 Å². The van der Waals surface area contributed by atoms with Gasteiger partial charge in [-0.3, -0.25) is 4.99 Å². The van der Waals surface area contributed by atoms with E-state index in [1.54, 1.807) is 14.2 Å². The van der Waals surface area contributed by atoms with Gasteiger partial charge in [-0.25, -0.2) is 8.42 Å². The molecular weight excluding hydrogens is 517 g/mol. The number of hydrogen-bond donors (Lipinski definition) is 1. The van der Waals surface area contributed by atoms with Crippen molar-refractivity contribution in [1.29, 1.82) is 0 Å². The molecule has 30 heavy (non-hydrogen) atoms. The Balaban J connectivity index is 0.00000450. The fraction of sp³-hybridized carbons (Fsp3) is 0.667. The number of benzene rings is 1. The minimum Gasteiger partial charge on any atom is -0.385 e. The molecule has 0 saturated carbocycles. The zero-order valence-electron chi connectivity index (χ0n) is 18.1. The number of sulfone groups is 1. The normalized spacial score (nSPS) is 15.7. The summed E-state index contributed by atoms with van der Waals surface area (Å²) in [7, 11) is 0.366. The van der Waals surface area contributed by atoms with Crippen molar-refractivity contribution in [2.45, 2.75) is 37.5 Å². The molecule has 7 nitrogen and oxygen atoms in total. The van der Waals surface area contributed by atoms with Crippen LogP contribution in [-0.4, -0.2) is 78.1 Å². The molecular formula is C21H36IN3O4S.